The number of rotatable bonds is 4. The monoisotopic (exact) mass is 458 g/mol. The van der Waals surface area contributed by atoms with Crippen LogP contribution in [0.1, 0.15) is 21.6 Å². The third-order valence-corrected chi connectivity index (χ3v) is 7.76. The molecule has 0 unspecified atom stereocenters. The number of aromatic nitrogens is 2. The van der Waals surface area contributed by atoms with Gasteiger partial charge >= 0.3 is 0 Å². The van der Waals surface area contributed by atoms with Crippen LogP contribution in [0.4, 0.5) is 0 Å². The molecule has 3 aromatic rings. The molecule has 4 rings (SSSR count). The highest BCUT2D eigenvalue weighted by atomic mass is 35.5. The zero-order chi connectivity index (χ0) is 22.2. The van der Waals surface area contributed by atoms with Gasteiger partial charge in [0.15, 0.2) is 5.69 Å². The van der Waals surface area contributed by atoms with Gasteiger partial charge in [0, 0.05) is 32.4 Å². The van der Waals surface area contributed by atoms with E-state index in [9.17, 15) is 13.2 Å². The number of hydrogen-bond donors (Lipinski definition) is 0. The Kier molecular flexibility index (Phi) is 5.88. The first kappa shape index (κ1) is 21.5. The van der Waals surface area contributed by atoms with Crippen LogP contribution in [0.3, 0.4) is 0 Å². The lowest BCUT2D eigenvalue weighted by Crippen LogP contribution is -2.50. The van der Waals surface area contributed by atoms with E-state index in [2.05, 4.69) is 5.10 Å². The van der Waals surface area contributed by atoms with E-state index in [4.69, 9.17) is 11.6 Å². The van der Waals surface area contributed by atoms with Crippen molar-refractivity contribution >= 4 is 27.5 Å². The molecule has 1 fully saturated rings. The maximum atomic E-state index is 13.1. The summed E-state index contributed by atoms with van der Waals surface area (Å²) in [6.07, 6.45) is 1.69. The van der Waals surface area contributed by atoms with Crippen molar-refractivity contribution in [1.82, 2.24) is 19.0 Å². The molecule has 1 amide bonds. The second-order valence-corrected chi connectivity index (χ2v) is 9.88. The summed E-state index contributed by atoms with van der Waals surface area (Å²) in [6.45, 7) is 4.83. The van der Waals surface area contributed by atoms with Crippen LogP contribution in [-0.4, -0.2) is 59.5 Å². The number of benzene rings is 2. The minimum absolute atomic E-state index is 0.227. The van der Waals surface area contributed by atoms with E-state index in [1.165, 1.54) is 4.31 Å². The molecule has 31 heavy (non-hydrogen) atoms. The van der Waals surface area contributed by atoms with Gasteiger partial charge in [-0.1, -0.05) is 41.4 Å². The van der Waals surface area contributed by atoms with E-state index in [0.29, 0.717) is 34.4 Å². The normalized spacial score (nSPS) is 15.3. The second kappa shape index (κ2) is 8.45. The van der Waals surface area contributed by atoms with Crippen LogP contribution in [0.2, 0.25) is 5.02 Å². The average Bonchev–Trinajstić information content (AvgIpc) is 3.23. The molecular weight excluding hydrogens is 436 g/mol. The Morgan fingerprint density at radius 1 is 1.00 bits per heavy atom. The van der Waals surface area contributed by atoms with Crippen molar-refractivity contribution < 1.29 is 13.2 Å². The van der Waals surface area contributed by atoms with Gasteiger partial charge in [0.2, 0.25) is 10.0 Å². The smallest absolute Gasteiger partial charge is 0.274 e. The molecule has 2 aromatic carbocycles. The quantitative estimate of drug-likeness (QED) is 0.601. The van der Waals surface area contributed by atoms with Crippen LogP contribution in [0, 0.1) is 13.8 Å². The van der Waals surface area contributed by atoms with E-state index in [0.717, 1.165) is 11.1 Å². The number of nitrogens with zero attached hydrogens (tertiary/aromatic N) is 4. The summed E-state index contributed by atoms with van der Waals surface area (Å²) < 4.78 is 29.1. The molecule has 0 spiro atoms. The Morgan fingerprint density at radius 3 is 2.39 bits per heavy atom. The van der Waals surface area contributed by atoms with Crippen molar-refractivity contribution in [2.24, 2.45) is 0 Å². The van der Waals surface area contributed by atoms with Gasteiger partial charge in [-0.3, -0.25) is 4.79 Å². The summed E-state index contributed by atoms with van der Waals surface area (Å²) in [4.78, 5) is 14.8. The summed E-state index contributed by atoms with van der Waals surface area (Å²) in [6, 6.07) is 14.2. The highest BCUT2D eigenvalue weighted by Gasteiger charge is 2.31. The number of piperazine rings is 1. The van der Waals surface area contributed by atoms with Gasteiger partial charge in [0.05, 0.1) is 15.6 Å². The molecule has 1 aromatic heterocycles. The van der Waals surface area contributed by atoms with Crippen molar-refractivity contribution in [2.75, 3.05) is 26.2 Å². The number of sulfonamides is 1. The zero-order valence-electron chi connectivity index (χ0n) is 17.3. The maximum Gasteiger partial charge on any atom is 0.274 e. The van der Waals surface area contributed by atoms with Gasteiger partial charge in [-0.05, 0) is 43.7 Å². The van der Waals surface area contributed by atoms with Gasteiger partial charge in [0.25, 0.3) is 5.91 Å². The van der Waals surface area contributed by atoms with E-state index in [1.54, 1.807) is 47.0 Å². The lowest BCUT2D eigenvalue weighted by atomic mass is 10.2. The number of halogens is 1. The molecule has 0 N–H and O–H groups in total. The third-order valence-electron chi connectivity index (χ3n) is 5.38. The number of carbonyl (C=O) groups is 1. The minimum Gasteiger partial charge on any atom is -0.335 e. The summed E-state index contributed by atoms with van der Waals surface area (Å²) >= 11 is 6.21. The number of para-hydroxylation sites is 1. The van der Waals surface area contributed by atoms with E-state index >= 15 is 0 Å². The van der Waals surface area contributed by atoms with E-state index in [1.807, 2.05) is 31.2 Å². The van der Waals surface area contributed by atoms with Gasteiger partial charge in [-0.2, -0.15) is 9.40 Å². The molecule has 162 valence electrons. The largest absolute Gasteiger partial charge is 0.335 e. The second-order valence-electron chi connectivity index (χ2n) is 7.56. The van der Waals surface area contributed by atoms with Gasteiger partial charge in [-0.25, -0.2) is 13.1 Å². The lowest BCUT2D eigenvalue weighted by molar-refractivity contribution is 0.0691. The first-order valence-electron chi connectivity index (χ1n) is 9.94. The summed E-state index contributed by atoms with van der Waals surface area (Å²) in [5.74, 6) is -0.227. The van der Waals surface area contributed by atoms with Crippen LogP contribution >= 0.6 is 11.6 Å². The van der Waals surface area contributed by atoms with Crippen LogP contribution in [0.5, 0.6) is 0 Å². The predicted molar refractivity (Wildman–Crippen MR) is 119 cm³/mol. The van der Waals surface area contributed by atoms with Crippen LogP contribution in [0.15, 0.2) is 59.6 Å². The lowest BCUT2D eigenvalue weighted by Gasteiger charge is -2.34. The fraction of sp³-hybridized carbons (Fsp3) is 0.273. The first-order chi connectivity index (χ1) is 14.8. The summed E-state index contributed by atoms with van der Waals surface area (Å²) in [7, 11) is -3.60. The number of aryl methyl sites for hydroxylation is 2. The van der Waals surface area contributed by atoms with Crippen molar-refractivity contribution in [3.05, 3.63) is 76.6 Å². The van der Waals surface area contributed by atoms with Crippen LogP contribution in [0.25, 0.3) is 5.69 Å². The maximum absolute atomic E-state index is 13.1. The van der Waals surface area contributed by atoms with Gasteiger partial charge in [0.1, 0.15) is 0 Å². The fourth-order valence-corrected chi connectivity index (χ4v) is 5.58. The molecule has 0 bridgehead atoms. The van der Waals surface area contributed by atoms with Gasteiger partial charge in [-0.15, -0.1) is 0 Å². The molecule has 9 heteroatoms. The molecule has 1 aliphatic rings. The minimum atomic E-state index is -3.60. The van der Waals surface area contributed by atoms with E-state index < -0.39 is 10.0 Å². The Hall–Kier alpha value is -2.68. The first-order valence-corrected chi connectivity index (χ1v) is 11.8. The molecule has 1 saturated heterocycles. The summed E-state index contributed by atoms with van der Waals surface area (Å²) in [5, 5.41) is 4.90. The zero-order valence-corrected chi connectivity index (χ0v) is 18.9. The summed E-state index contributed by atoms with van der Waals surface area (Å²) in [5.41, 5.74) is 2.73. The fourth-order valence-electron chi connectivity index (χ4n) is 3.73. The van der Waals surface area contributed by atoms with Crippen molar-refractivity contribution in [3.8, 4) is 5.69 Å². The number of amides is 1. The molecule has 1 aliphatic heterocycles. The van der Waals surface area contributed by atoms with Crippen molar-refractivity contribution in [3.63, 3.8) is 0 Å². The molecule has 0 radical (unpaired) electrons. The number of hydrogen-bond acceptors (Lipinski definition) is 4. The van der Waals surface area contributed by atoms with Crippen molar-refractivity contribution in [2.45, 2.75) is 18.7 Å². The molecule has 2 heterocycles. The van der Waals surface area contributed by atoms with E-state index in [-0.39, 0.29) is 19.0 Å². The predicted octanol–water partition coefficient (Wildman–Crippen LogP) is 3.29. The van der Waals surface area contributed by atoms with Crippen LogP contribution in [-0.2, 0) is 10.0 Å². The molecular formula is C22H23ClN4O3S. The van der Waals surface area contributed by atoms with Gasteiger partial charge < -0.3 is 4.90 Å². The number of carbonyl (C=O) groups excluding carboxylic acids is 1. The van der Waals surface area contributed by atoms with Crippen molar-refractivity contribution in [1.29, 1.82) is 0 Å². The molecule has 0 aliphatic carbocycles. The SMILES string of the molecule is Cc1ccc(S(=O)(=O)N2CCN(C(=O)c3ccn(-c4ccccc4Cl)n3)CC2)c(C)c1. The van der Waals surface area contributed by atoms with Crippen LogP contribution < -0.4 is 0 Å². The third kappa shape index (κ3) is 4.23. The Labute approximate surface area is 186 Å². The highest BCUT2D eigenvalue weighted by molar-refractivity contribution is 7.89. The Morgan fingerprint density at radius 2 is 1.71 bits per heavy atom. The Bertz CT molecular complexity index is 1230. The highest BCUT2D eigenvalue weighted by Crippen LogP contribution is 2.23. The molecule has 7 nitrogen and oxygen atoms in total. The molecule has 0 atom stereocenters. The standard InChI is InChI=1S/C22H23ClN4O3S/c1-16-7-8-21(17(2)15-16)31(29,30)26-13-11-25(12-14-26)22(28)19-9-10-27(24-19)20-6-4-3-5-18(20)23/h3-10,15H,11-14H2,1-2H3. The average molecular weight is 459 g/mol. The Balaban J connectivity index is 1.45. The molecule has 0 saturated carbocycles. The topological polar surface area (TPSA) is 75.5 Å².